The quantitative estimate of drug-likeness (QED) is 0.547. The molecule has 2 heteroatoms. The van der Waals surface area contributed by atoms with Gasteiger partial charge in [0.25, 0.3) is 0 Å². The highest BCUT2D eigenvalue weighted by atomic mass is 28.3. The number of aliphatic hydroxyl groups is 1. The van der Waals surface area contributed by atoms with Gasteiger partial charge >= 0.3 is 0 Å². The third kappa shape index (κ3) is 2.88. The van der Waals surface area contributed by atoms with E-state index in [2.05, 4.69) is 37.2 Å². The number of hydrogen-bond acceptors (Lipinski definition) is 1. The van der Waals surface area contributed by atoms with E-state index >= 15 is 0 Å². The first-order chi connectivity index (χ1) is 7.97. The predicted octanol–water partition coefficient (Wildman–Crippen LogP) is 3.24. The molecule has 1 nitrogen and oxygen atoms in total. The van der Waals surface area contributed by atoms with Crippen molar-refractivity contribution in [2.75, 3.05) is 0 Å². The van der Waals surface area contributed by atoms with Gasteiger partial charge in [-0.15, -0.1) is 5.54 Å². The molecule has 0 heterocycles. The van der Waals surface area contributed by atoms with Crippen LogP contribution in [-0.4, -0.2) is 13.2 Å². The lowest BCUT2D eigenvalue weighted by molar-refractivity contribution is 0.153. The van der Waals surface area contributed by atoms with Gasteiger partial charge in [-0.1, -0.05) is 62.0 Å². The molecule has 17 heavy (non-hydrogen) atoms. The first-order valence-electron chi connectivity index (χ1n) is 5.95. The molecule has 1 aliphatic rings. The predicted molar refractivity (Wildman–Crippen MR) is 75.0 cm³/mol. The molecule has 0 aromatic heterocycles. The Kier molecular flexibility index (Phi) is 3.23. The van der Waals surface area contributed by atoms with Crippen LogP contribution in [0.15, 0.2) is 30.3 Å². The second-order valence-corrected chi connectivity index (χ2v) is 10.2. The molecule has 0 spiro atoms. The van der Waals surface area contributed by atoms with E-state index < -0.39 is 14.2 Å². The highest BCUT2D eigenvalue weighted by molar-refractivity contribution is 6.83. The molecule has 0 bridgehead atoms. The molecule has 1 aliphatic carbocycles. The Morgan fingerprint density at radius 2 is 1.88 bits per heavy atom. The lowest BCUT2D eigenvalue weighted by Gasteiger charge is -2.22. The molecule has 0 saturated carbocycles. The summed E-state index contributed by atoms with van der Waals surface area (Å²) in [6.45, 7) is 6.65. The summed E-state index contributed by atoms with van der Waals surface area (Å²) in [7, 11) is -1.37. The SMILES string of the molecule is C[Si](C)(C)C#C[C@@H]1C=Cc2ccccc2[C@@H]1O. The van der Waals surface area contributed by atoms with E-state index in [1.807, 2.05) is 30.3 Å². The molecule has 1 N–H and O–H groups in total. The van der Waals surface area contributed by atoms with Gasteiger partial charge in [-0.25, -0.2) is 0 Å². The van der Waals surface area contributed by atoms with Crippen molar-refractivity contribution in [2.45, 2.75) is 25.7 Å². The van der Waals surface area contributed by atoms with Crippen LogP contribution in [0, 0.1) is 17.4 Å². The fourth-order valence-corrected chi connectivity index (χ4v) is 2.46. The zero-order valence-electron chi connectivity index (χ0n) is 10.6. The highest BCUT2D eigenvalue weighted by Gasteiger charge is 2.22. The average Bonchev–Trinajstić information content (AvgIpc) is 2.27. The summed E-state index contributed by atoms with van der Waals surface area (Å²) in [5, 5.41) is 10.3. The van der Waals surface area contributed by atoms with Gasteiger partial charge in [-0.05, 0) is 11.1 Å². The average molecular weight is 242 g/mol. The minimum absolute atomic E-state index is 0.0587. The first kappa shape index (κ1) is 12.2. The van der Waals surface area contributed by atoms with Crippen molar-refractivity contribution in [3.8, 4) is 11.5 Å². The Hall–Kier alpha value is -1.30. The monoisotopic (exact) mass is 242 g/mol. The van der Waals surface area contributed by atoms with Crippen LogP contribution in [0.2, 0.25) is 19.6 Å². The Balaban J connectivity index is 2.29. The van der Waals surface area contributed by atoms with Gasteiger partial charge in [0, 0.05) is 0 Å². The third-order valence-electron chi connectivity index (χ3n) is 2.75. The van der Waals surface area contributed by atoms with Crippen LogP contribution >= 0.6 is 0 Å². The molecular formula is C15H18OSi. The molecule has 0 saturated heterocycles. The Labute approximate surface area is 104 Å². The molecular weight excluding hydrogens is 224 g/mol. The van der Waals surface area contributed by atoms with Crippen LogP contribution in [-0.2, 0) is 0 Å². The first-order valence-corrected chi connectivity index (χ1v) is 9.45. The second kappa shape index (κ2) is 4.52. The molecule has 0 amide bonds. The molecule has 1 aromatic carbocycles. The van der Waals surface area contributed by atoms with Crippen LogP contribution in [0.1, 0.15) is 17.2 Å². The van der Waals surface area contributed by atoms with Gasteiger partial charge in [-0.3, -0.25) is 0 Å². The maximum Gasteiger partial charge on any atom is 0.129 e. The molecule has 2 atom stereocenters. The number of hydrogen-bond donors (Lipinski definition) is 1. The van der Waals surface area contributed by atoms with Crippen molar-refractivity contribution in [1.82, 2.24) is 0 Å². The van der Waals surface area contributed by atoms with Crippen LogP contribution in [0.5, 0.6) is 0 Å². The summed E-state index contributed by atoms with van der Waals surface area (Å²) in [4.78, 5) is 0. The Morgan fingerprint density at radius 1 is 1.18 bits per heavy atom. The van der Waals surface area contributed by atoms with Crippen molar-refractivity contribution in [3.63, 3.8) is 0 Å². The Bertz CT molecular complexity index is 500. The Morgan fingerprint density at radius 3 is 2.59 bits per heavy atom. The summed E-state index contributed by atoms with van der Waals surface area (Å²) in [6, 6.07) is 7.96. The van der Waals surface area contributed by atoms with E-state index in [1.54, 1.807) is 0 Å². The largest absolute Gasteiger partial charge is 0.387 e. The fourth-order valence-electron chi connectivity index (χ4n) is 1.86. The zero-order chi connectivity index (χ0) is 12.5. The van der Waals surface area contributed by atoms with E-state index in [-0.39, 0.29) is 5.92 Å². The van der Waals surface area contributed by atoms with Crippen molar-refractivity contribution in [3.05, 3.63) is 41.5 Å². The van der Waals surface area contributed by atoms with Crippen molar-refractivity contribution < 1.29 is 5.11 Å². The molecule has 2 rings (SSSR count). The normalized spacial score (nSPS) is 22.6. The zero-order valence-corrected chi connectivity index (χ0v) is 11.6. The van der Waals surface area contributed by atoms with Gasteiger partial charge < -0.3 is 5.11 Å². The molecule has 0 aliphatic heterocycles. The lowest BCUT2D eigenvalue weighted by atomic mass is 9.87. The smallest absolute Gasteiger partial charge is 0.129 e. The second-order valence-electron chi connectivity index (χ2n) is 5.48. The number of aliphatic hydroxyl groups excluding tert-OH is 1. The molecule has 0 unspecified atom stereocenters. The number of benzene rings is 1. The van der Waals surface area contributed by atoms with Crippen LogP contribution < -0.4 is 0 Å². The van der Waals surface area contributed by atoms with E-state index in [0.29, 0.717) is 0 Å². The minimum atomic E-state index is -1.37. The van der Waals surface area contributed by atoms with Crippen molar-refractivity contribution in [2.24, 2.45) is 5.92 Å². The summed E-state index contributed by atoms with van der Waals surface area (Å²) in [6.07, 6.45) is 3.59. The molecule has 0 radical (unpaired) electrons. The minimum Gasteiger partial charge on any atom is -0.387 e. The lowest BCUT2D eigenvalue weighted by Crippen LogP contribution is -2.19. The van der Waals surface area contributed by atoms with Crippen LogP contribution in [0.25, 0.3) is 6.08 Å². The summed E-state index contributed by atoms with van der Waals surface area (Å²) >= 11 is 0. The number of fused-ring (bicyclic) bond motifs is 1. The van der Waals surface area contributed by atoms with E-state index in [1.165, 1.54) is 0 Å². The van der Waals surface area contributed by atoms with Crippen molar-refractivity contribution in [1.29, 1.82) is 0 Å². The van der Waals surface area contributed by atoms with Gasteiger partial charge in [0.2, 0.25) is 0 Å². The topological polar surface area (TPSA) is 20.2 Å². The van der Waals surface area contributed by atoms with Crippen LogP contribution in [0.3, 0.4) is 0 Å². The van der Waals surface area contributed by atoms with Crippen LogP contribution in [0.4, 0.5) is 0 Å². The molecule has 1 aromatic rings. The summed E-state index contributed by atoms with van der Waals surface area (Å²) in [5.41, 5.74) is 5.42. The van der Waals surface area contributed by atoms with Gasteiger partial charge in [0.05, 0.1) is 12.0 Å². The highest BCUT2D eigenvalue weighted by Crippen LogP contribution is 2.31. The molecule has 0 fully saturated rings. The standard InChI is InChI=1S/C15H18OSi/c1-17(2,3)11-10-13-9-8-12-6-4-5-7-14(12)15(13)16/h4-9,13,15-16H,1-3H3/t13-,15+/m0/s1. The van der Waals surface area contributed by atoms with E-state index in [9.17, 15) is 5.11 Å². The van der Waals surface area contributed by atoms with E-state index in [0.717, 1.165) is 11.1 Å². The fraction of sp³-hybridized carbons (Fsp3) is 0.333. The number of rotatable bonds is 0. The van der Waals surface area contributed by atoms with Gasteiger partial charge in [0.1, 0.15) is 8.07 Å². The van der Waals surface area contributed by atoms with Gasteiger partial charge in [0.15, 0.2) is 0 Å². The third-order valence-corrected chi connectivity index (χ3v) is 3.65. The molecule has 88 valence electrons. The van der Waals surface area contributed by atoms with Gasteiger partial charge in [-0.2, -0.15) is 0 Å². The summed E-state index contributed by atoms with van der Waals surface area (Å²) < 4.78 is 0. The van der Waals surface area contributed by atoms with E-state index in [4.69, 9.17) is 0 Å². The summed E-state index contributed by atoms with van der Waals surface area (Å²) in [5.74, 6) is 3.17. The van der Waals surface area contributed by atoms with Crippen molar-refractivity contribution >= 4 is 14.1 Å². The maximum absolute atomic E-state index is 10.3. The maximum atomic E-state index is 10.3.